The van der Waals surface area contributed by atoms with E-state index in [-0.39, 0.29) is 0 Å². The molecule has 2 aromatic carbocycles. The van der Waals surface area contributed by atoms with Crippen molar-refractivity contribution in [1.82, 2.24) is 0 Å². The van der Waals surface area contributed by atoms with E-state index in [1.165, 1.54) is 0 Å². The predicted octanol–water partition coefficient (Wildman–Crippen LogP) is 5.62. The smallest absolute Gasteiger partial charge is 0.119 e. The van der Waals surface area contributed by atoms with Crippen molar-refractivity contribution >= 4 is 35.1 Å². The molecular formula is C17H18Cl2N2O. The standard InChI is InChI=1S/C17H18Cl2N2O/c1-2-3-10-22-15-7-4-13(5-8-15)12-20-21-14-6-9-16(18)17(19)11-14/h4-9,11-12,21H,2-3,10H2,1H3/b20-12-. The van der Waals surface area contributed by atoms with Crippen LogP contribution < -0.4 is 10.2 Å². The van der Waals surface area contributed by atoms with Gasteiger partial charge >= 0.3 is 0 Å². The third-order valence-electron chi connectivity index (χ3n) is 2.97. The highest BCUT2D eigenvalue weighted by molar-refractivity contribution is 6.42. The number of unbranched alkanes of at least 4 members (excludes halogenated alkanes) is 1. The molecule has 116 valence electrons. The highest BCUT2D eigenvalue weighted by atomic mass is 35.5. The lowest BCUT2D eigenvalue weighted by Gasteiger charge is -2.05. The first-order valence-electron chi connectivity index (χ1n) is 7.16. The van der Waals surface area contributed by atoms with Gasteiger partial charge in [0.25, 0.3) is 0 Å². The van der Waals surface area contributed by atoms with Crippen molar-refractivity contribution in [3.63, 3.8) is 0 Å². The monoisotopic (exact) mass is 336 g/mol. The van der Waals surface area contributed by atoms with Crippen molar-refractivity contribution in [1.29, 1.82) is 0 Å². The van der Waals surface area contributed by atoms with E-state index >= 15 is 0 Å². The fourth-order valence-corrected chi connectivity index (χ4v) is 2.03. The van der Waals surface area contributed by atoms with Crippen LogP contribution in [0.25, 0.3) is 0 Å². The second-order valence-electron chi connectivity index (χ2n) is 4.77. The van der Waals surface area contributed by atoms with Crippen molar-refractivity contribution in [3.8, 4) is 5.75 Å². The maximum atomic E-state index is 5.94. The lowest BCUT2D eigenvalue weighted by molar-refractivity contribution is 0.309. The van der Waals surface area contributed by atoms with Crippen LogP contribution >= 0.6 is 23.2 Å². The summed E-state index contributed by atoms with van der Waals surface area (Å²) in [5.41, 5.74) is 4.68. The molecule has 0 radical (unpaired) electrons. The Morgan fingerprint density at radius 2 is 1.86 bits per heavy atom. The van der Waals surface area contributed by atoms with Crippen LogP contribution in [-0.4, -0.2) is 12.8 Å². The van der Waals surface area contributed by atoms with Gasteiger partial charge in [-0.15, -0.1) is 0 Å². The average molecular weight is 337 g/mol. The van der Waals surface area contributed by atoms with Gasteiger partial charge in [-0.05, 0) is 54.4 Å². The number of anilines is 1. The van der Waals surface area contributed by atoms with E-state index in [9.17, 15) is 0 Å². The Bertz CT molecular complexity index is 627. The summed E-state index contributed by atoms with van der Waals surface area (Å²) in [6, 6.07) is 13.1. The molecule has 0 saturated heterocycles. The van der Waals surface area contributed by atoms with Gasteiger partial charge in [-0.2, -0.15) is 5.10 Å². The van der Waals surface area contributed by atoms with Crippen molar-refractivity contribution in [2.24, 2.45) is 5.10 Å². The zero-order valence-electron chi connectivity index (χ0n) is 12.4. The summed E-state index contributed by atoms with van der Waals surface area (Å²) >= 11 is 11.8. The highest BCUT2D eigenvalue weighted by Gasteiger charge is 1.98. The molecule has 0 saturated carbocycles. The summed E-state index contributed by atoms with van der Waals surface area (Å²) in [5.74, 6) is 0.878. The maximum absolute atomic E-state index is 5.94. The van der Waals surface area contributed by atoms with E-state index in [0.717, 1.165) is 36.4 Å². The lowest BCUT2D eigenvalue weighted by Crippen LogP contribution is -1.96. The third kappa shape index (κ3) is 5.24. The molecule has 5 heteroatoms. The van der Waals surface area contributed by atoms with Crippen LogP contribution in [0, 0.1) is 0 Å². The Morgan fingerprint density at radius 3 is 2.55 bits per heavy atom. The van der Waals surface area contributed by atoms with Crippen molar-refractivity contribution < 1.29 is 4.74 Å². The molecule has 0 aliphatic carbocycles. The quantitative estimate of drug-likeness (QED) is 0.404. The summed E-state index contributed by atoms with van der Waals surface area (Å²) in [4.78, 5) is 0. The van der Waals surface area contributed by atoms with E-state index in [1.54, 1.807) is 18.3 Å². The fraction of sp³-hybridized carbons (Fsp3) is 0.235. The molecule has 0 unspecified atom stereocenters. The van der Waals surface area contributed by atoms with Crippen molar-refractivity contribution in [3.05, 3.63) is 58.1 Å². The van der Waals surface area contributed by atoms with Gasteiger partial charge < -0.3 is 4.74 Å². The SMILES string of the molecule is CCCCOc1ccc(/C=N\Nc2ccc(Cl)c(Cl)c2)cc1. The van der Waals surface area contributed by atoms with Gasteiger partial charge in [0.1, 0.15) is 5.75 Å². The summed E-state index contributed by atoms with van der Waals surface area (Å²) in [6.07, 6.45) is 3.93. The third-order valence-corrected chi connectivity index (χ3v) is 3.71. The molecule has 0 atom stereocenters. The number of hydrogen-bond donors (Lipinski definition) is 1. The summed E-state index contributed by atoms with van der Waals surface area (Å²) in [5, 5.41) is 5.19. The molecule has 0 spiro atoms. The van der Waals surface area contributed by atoms with Gasteiger partial charge in [-0.1, -0.05) is 36.5 Å². The highest BCUT2D eigenvalue weighted by Crippen LogP contribution is 2.24. The van der Waals surface area contributed by atoms with Crippen LogP contribution in [0.15, 0.2) is 47.6 Å². The van der Waals surface area contributed by atoms with E-state index in [4.69, 9.17) is 27.9 Å². The van der Waals surface area contributed by atoms with Crippen LogP contribution in [0.1, 0.15) is 25.3 Å². The molecule has 0 amide bonds. The minimum atomic E-state index is 0.496. The van der Waals surface area contributed by atoms with Crippen molar-refractivity contribution in [2.75, 3.05) is 12.0 Å². The number of hydrogen-bond acceptors (Lipinski definition) is 3. The first-order chi connectivity index (χ1) is 10.7. The number of hydrazone groups is 1. The number of halogens is 2. The molecule has 2 rings (SSSR count). The molecule has 2 aromatic rings. The normalized spacial score (nSPS) is 10.9. The Morgan fingerprint density at radius 1 is 1.09 bits per heavy atom. The van der Waals surface area contributed by atoms with E-state index in [2.05, 4.69) is 17.5 Å². The molecule has 0 aromatic heterocycles. The van der Waals surface area contributed by atoms with Crippen LogP contribution in [0.4, 0.5) is 5.69 Å². The predicted molar refractivity (Wildman–Crippen MR) is 94.5 cm³/mol. The van der Waals surface area contributed by atoms with Crippen molar-refractivity contribution in [2.45, 2.75) is 19.8 Å². The van der Waals surface area contributed by atoms with Gasteiger partial charge in [0, 0.05) is 0 Å². The summed E-state index contributed by atoms with van der Waals surface area (Å²) in [6.45, 7) is 2.90. The second-order valence-corrected chi connectivity index (χ2v) is 5.58. The van der Waals surface area contributed by atoms with E-state index in [1.807, 2.05) is 30.3 Å². The topological polar surface area (TPSA) is 33.6 Å². The second kappa shape index (κ2) is 8.66. The molecule has 0 fully saturated rings. The molecule has 0 aliphatic heterocycles. The van der Waals surface area contributed by atoms with Gasteiger partial charge in [-0.25, -0.2) is 0 Å². The molecule has 0 aliphatic rings. The molecule has 3 nitrogen and oxygen atoms in total. The van der Waals surface area contributed by atoms with E-state index in [0.29, 0.717) is 10.0 Å². The van der Waals surface area contributed by atoms with Crippen LogP contribution in [0.3, 0.4) is 0 Å². The Hall–Kier alpha value is -1.71. The lowest BCUT2D eigenvalue weighted by atomic mass is 10.2. The zero-order valence-corrected chi connectivity index (χ0v) is 13.9. The van der Waals surface area contributed by atoms with Crippen LogP contribution in [0.5, 0.6) is 5.75 Å². The first kappa shape index (κ1) is 16.7. The Kier molecular flexibility index (Phi) is 6.56. The Balaban J connectivity index is 1.88. The van der Waals surface area contributed by atoms with Crippen LogP contribution in [-0.2, 0) is 0 Å². The molecule has 22 heavy (non-hydrogen) atoms. The minimum Gasteiger partial charge on any atom is -0.494 e. The zero-order chi connectivity index (χ0) is 15.8. The number of nitrogens with zero attached hydrogens (tertiary/aromatic N) is 1. The number of nitrogens with one attached hydrogen (secondary N) is 1. The summed E-state index contributed by atoms with van der Waals surface area (Å²) < 4.78 is 5.61. The number of benzene rings is 2. The largest absolute Gasteiger partial charge is 0.494 e. The number of rotatable bonds is 7. The molecular weight excluding hydrogens is 319 g/mol. The first-order valence-corrected chi connectivity index (χ1v) is 7.91. The molecule has 0 bridgehead atoms. The van der Waals surface area contributed by atoms with Gasteiger partial charge in [-0.3, -0.25) is 5.43 Å². The molecule has 0 heterocycles. The van der Waals surface area contributed by atoms with Crippen LogP contribution in [0.2, 0.25) is 10.0 Å². The summed E-state index contributed by atoms with van der Waals surface area (Å²) in [7, 11) is 0. The fourth-order valence-electron chi connectivity index (χ4n) is 1.73. The van der Waals surface area contributed by atoms with Gasteiger partial charge in [0.05, 0.1) is 28.6 Å². The average Bonchev–Trinajstić information content (AvgIpc) is 2.53. The van der Waals surface area contributed by atoms with E-state index < -0.39 is 0 Å². The Labute approximate surface area is 140 Å². The maximum Gasteiger partial charge on any atom is 0.119 e. The van der Waals surface area contributed by atoms with Gasteiger partial charge in [0.15, 0.2) is 0 Å². The number of ether oxygens (including phenoxy) is 1. The molecule has 1 N–H and O–H groups in total. The van der Waals surface area contributed by atoms with Gasteiger partial charge in [0.2, 0.25) is 0 Å². The minimum absolute atomic E-state index is 0.496.